The van der Waals surface area contributed by atoms with Crippen LogP contribution in [0.3, 0.4) is 0 Å². The second kappa shape index (κ2) is 6.44. The van der Waals surface area contributed by atoms with Crippen molar-refractivity contribution in [3.63, 3.8) is 0 Å². The lowest BCUT2D eigenvalue weighted by Crippen LogP contribution is -2.15. The predicted molar refractivity (Wildman–Crippen MR) is 111 cm³/mol. The van der Waals surface area contributed by atoms with Crippen molar-refractivity contribution >= 4 is 66.7 Å². The van der Waals surface area contributed by atoms with Gasteiger partial charge in [-0.05, 0) is 61.2 Å². The van der Waals surface area contributed by atoms with Crippen LogP contribution >= 0.6 is 34.5 Å². The molecule has 0 aliphatic heterocycles. The molecular weight excluding hydrogens is 401 g/mol. The molecular formula is C20H13Cl2N3OS. The predicted octanol–water partition coefficient (Wildman–Crippen LogP) is 5.89. The first-order valence-corrected chi connectivity index (χ1v) is 10.1. The molecule has 27 heavy (non-hydrogen) atoms. The summed E-state index contributed by atoms with van der Waals surface area (Å²) in [5, 5.41) is 5.54. The van der Waals surface area contributed by atoms with Crippen LogP contribution in [0.5, 0.6) is 0 Å². The molecule has 0 saturated heterocycles. The van der Waals surface area contributed by atoms with Gasteiger partial charge in [-0.3, -0.25) is 15.1 Å². The van der Waals surface area contributed by atoms with E-state index in [2.05, 4.69) is 10.3 Å². The summed E-state index contributed by atoms with van der Waals surface area (Å²) in [5.41, 5.74) is 4.29. The van der Waals surface area contributed by atoms with Crippen molar-refractivity contribution in [1.29, 1.82) is 0 Å². The van der Waals surface area contributed by atoms with Crippen LogP contribution in [0.4, 0.5) is 5.13 Å². The lowest BCUT2D eigenvalue weighted by Gasteiger charge is -2.12. The molecule has 0 radical (unpaired) electrons. The minimum Gasteiger partial charge on any atom is -0.298 e. The third kappa shape index (κ3) is 2.96. The number of halogens is 2. The number of carbonyl (C=O) groups excluding carboxylic acids is 1. The quantitative estimate of drug-likeness (QED) is 0.445. The normalized spacial score (nSPS) is 13.3. The lowest BCUT2D eigenvalue weighted by atomic mass is 10.0. The summed E-state index contributed by atoms with van der Waals surface area (Å²) in [5.74, 6) is -0.173. The number of hydrogen-bond acceptors (Lipinski definition) is 4. The molecule has 1 aliphatic rings. The highest BCUT2D eigenvalue weighted by Crippen LogP contribution is 2.33. The summed E-state index contributed by atoms with van der Waals surface area (Å²) < 4.78 is 0.936. The molecule has 1 N–H and O–H groups in total. The van der Waals surface area contributed by atoms with E-state index in [0.717, 1.165) is 51.6 Å². The van der Waals surface area contributed by atoms with Crippen LogP contribution in [-0.2, 0) is 12.8 Å². The first kappa shape index (κ1) is 16.9. The molecule has 2 heterocycles. The zero-order valence-corrected chi connectivity index (χ0v) is 16.4. The molecule has 4 nitrogen and oxygen atoms in total. The van der Waals surface area contributed by atoms with Crippen molar-refractivity contribution in [2.45, 2.75) is 19.3 Å². The van der Waals surface area contributed by atoms with E-state index in [1.54, 1.807) is 12.1 Å². The SMILES string of the molecule is O=C(Nc1nc2ccc(Cl)cc2s1)c1c2c(nc3ccc(Cl)cc13)CCC2. The number of fused-ring (bicyclic) bond motifs is 3. The zero-order chi connectivity index (χ0) is 18.5. The van der Waals surface area contributed by atoms with Crippen LogP contribution in [-0.4, -0.2) is 15.9 Å². The van der Waals surface area contributed by atoms with E-state index in [-0.39, 0.29) is 5.91 Å². The van der Waals surface area contributed by atoms with E-state index in [4.69, 9.17) is 28.2 Å². The maximum atomic E-state index is 13.2. The highest BCUT2D eigenvalue weighted by molar-refractivity contribution is 7.22. The van der Waals surface area contributed by atoms with E-state index in [9.17, 15) is 4.79 Å². The first-order valence-electron chi connectivity index (χ1n) is 8.57. The molecule has 0 fully saturated rings. The molecule has 1 amide bonds. The summed E-state index contributed by atoms with van der Waals surface area (Å²) >= 11 is 13.6. The molecule has 2 aromatic carbocycles. The number of nitrogens with zero attached hydrogens (tertiary/aromatic N) is 2. The smallest absolute Gasteiger partial charge is 0.258 e. The maximum absolute atomic E-state index is 13.2. The number of amides is 1. The molecule has 0 atom stereocenters. The molecule has 134 valence electrons. The number of aromatic nitrogens is 2. The van der Waals surface area contributed by atoms with E-state index < -0.39 is 0 Å². The summed E-state index contributed by atoms with van der Waals surface area (Å²) in [6, 6.07) is 11.0. The van der Waals surface area contributed by atoms with Crippen LogP contribution in [0, 0.1) is 0 Å². The Morgan fingerprint density at radius 1 is 1.00 bits per heavy atom. The highest BCUT2D eigenvalue weighted by atomic mass is 35.5. The monoisotopic (exact) mass is 413 g/mol. The van der Waals surface area contributed by atoms with E-state index in [1.165, 1.54) is 11.3 Å². The van der Waals surface area contributed by atoms with Crippen LogP contribution in [0.1, 0.15) is 28.0 Å². The molecule has 0 spiro atoms. The minimum absolute atomic E-state index is 0.173. The van der Waals surface area contributed by atoms with Gasteiger partial charge in [-0.25, -0.2) is 4.98 Å². The summed E-state index contributed by atoms with van der Waals surface area (Å²) in [6.45, 7) is 0. The molecule has 0 saturated carbocycles. The van der Waals surface area contributed by atoms with Crippen molar-refractivity contribution in [2.75, 3.05) is 5.32 Å². The Balaban J connectivity index is 1.61. The minimum atomic E-state index is -0.173. The Bertz CT molecular complexity index is 1240. The lowest BCUT2D eigenvalue weighted by molar-refractivity contribution is 0.102. The second-order valence-electron chi connectivity index (χ2n) is 6.51. The maximum Gasteiger partial charge on any atom is 0.258 e. The van der Waals surface area contributed by atoms with Crippen LogP contribution in [0.15, 0.2) is 36.4 Å². The molecule has 7 heteroatoms. The van der Waals surface area contributed by atoms with Crippen molar-refractivity contribution in [3.8, 4) is 0 Å². The Morgan fingerprint density at radius 2 is 1.78 bits per heavy atom. The number of anilines is 1. The van der Waals surface area contributed by atoms with Gasteiger partial charge in [-0.1, -0.05) is 34.5 Å². The number of carbonyl (C=O) groups is 1. The Hall–Kier alpha value is -2.21. The molecule has 1 aliphatic carbocycles. The van der Waals surface area contributed by atoms with Gasteiger partial charge in [0, 0.05) is 21.1 Å². The van der Waals surface area contributed by atoms with Crippen LogP contribution in [0.25, 0.3) is 21.1 Å². The average molecular weight is 414 g/mol. The van der Waals surface area contributed by atoms with Crippen molar-refractivity contribution in [1.82, 2.24) is 9.97 Å². The molecule has 5 rings (SSSR count). The number of thiazole rings is 1. The topological polar surface area (TPSA) is 54.9 Å². The van der Waals surface area contributed by atoms with Gasteiger partial charge in [-0.15, -0.1) is 0 Å². The number of nitrogens with one attached hydrogen (secondary N) is 1. The van der Waals surface area contributed by atoms with Crippen molar-refractivity contribution in [2.24, 2.45) is 0 Å². The molecule has 0 unspecified atom stereocenters. The molecule has 2 aromatic heterocycles. The first-order chi connectivity index (χ1) is 13.1. The van der Waals surface area contributed by atoms with Crippen molar-refractivity contribution < 1.29 is 4.79 Å². The standard InChI is InChI=1S/C20H13Cl2N3OS/c21-10-4-6-15-13(8-10)18(12-2-1-3-14(12)23-15)19(26)25-20-24-16-7-5-11(22)9-17(16)27-20/h4-9H,1-3H2,(H,24,25,26). The van der Waals surface area contributed by atoms with Crippen LogP contribution in [0.2, 0.25) is 10.0 Å². The van der Waals surface area contributed by atoms with Crippen LogP contribution < -0.4 is 5.32 Å². The Morgan fingerprint density at radius 3 is 2.63 bits per heavy atom. The van der Waals surface area contributed by atoms with Gasteiger partial charge in [0.2, 0.25) is 0 Å². The van der Waals surface area contributed by atoms with E-state index in [0.29, 0.717) is 20.7 Å². The summed E-state index contributed by atoms with van der Waals surface area (Å²) in [4.78, 5) is 22.4. The van der Waals surface area contributed by atoms with Gasteiger partial charge in [0.1, 0.15) is 0 Å². The number of hydrogen-bond donors (Lipinski definition) is 1. The van der Waals surface area contributed by atoms with Gasteiger partial charge in [0.05, 0.1) is 21.3 Å². The van der Waals surface area contributed by atoms with Gasteiger partial charge in [0.25, 0.3) is 5.91 Å². The number of rotatable bonds is 2. The zero-order valence-electron chi connectivity index (χ0n) is 14.1. The number of aryl methyl sites for hydroxylation is 1. The molecule has 4 aromatic rings. The number of pyridine rings is 1. The van der Waals surface area contributed by atoms with E-state index >= 15 is 0 Å². The molecule has 0 bridgehead atoms. The third-order valence-corrected chi connectivity index (χ3v) is 6.18. The van der Waals surface area contributed by atoms with E-state index in [1.807, 2.05) is 24.3 Å². The van der Waals surface area contributed by atoms with Gasteiger partial charge in [-0.2, -0.15) is 0 Å². The van der Waals surface area contributed by atoms with Gasteiger partial charge < -0.3 is 0 Å². The third-order valence-electron chi connectivity index (χ3n) is 4.77. The summed E-state index contributed by atoms with van der Waals surface area (Å²) in [6.07, 6.45) is 2.75. The Labute approximate surface area is 169 Å². The fourth-order valence-corrected chi connectivity index (χ4v) is 4.91. The summed E-state index contributed by atoms with van der Waals surface area (Å²) in [7, 11) is 0. The fourth-order valence-electron chi connectivity index (χ4n) is 3.61. The second-order valence-corrected chi connectivity index (χ2v) is 8.42. The van der Waals surface area contributed by atoms with Gasteiger partial charge in [0.15, 0.2) is 5.13 Å². The average Bonchev–Trinajstić information content (AvgIpc) is 3.25. The van der Waals surface area contributed by atoms with Crippen molar-refractivity contribution in [3.05, 3.63) is 63.3 Å². The van der Waals surface area contributed by atoms with Gasteiger partial charge >= 0.3 is 0 Å². The fraction of sp³-hybridized carbons (Fsp3) is 0.150. The Kier molecular flexibility index (Phi) is 4.04. The highest BCUT2D eigenvalue weighted by Gasteiger charge is 2.24. The largest absolute Gasteiger partial charge is 0.298 e. The number of benzene rings is 2.